The van der Waals surface area contributed by atoms with Crippen LogP contribution in [0.25, 0.3) is 0 Å². The number of anilines is 1. The number of amides is 3. The number of hydrogen-bond donors (Lipinski definition) is 4. The van der Waals surface area contributed by atoms with Crippen LogP contribution in [0.5, 0.6) is 0 Å². The minimum absolute atomic E-state index is 0.331. The number of benzene rings is 1. The Balaban J connectivity index is 2.41. The van der Waals surface area contributed by atoms with Gasteiger partial charge in [-0.15, -0.1) is 0 Å². The molecule has 0 saturated carbocycles. The molecule has 0 aliphatic carbocycles. The fourth-order valence-electron chi connectivity index (χ4n) is 1.47. The highest BCUT2D eigenvalue weighted by Crippen LogP contribution is 2.25. The molecule has 0 aliphatic heterocycles. The zero-order chi connectivity index (χ0) is 15.1. The first-order valence-corrected chi connectivity index (χ1v) is 6.70. The Morgan fingerprint density at radius 2 is 1.95 bits per heavy atom. The molecule has 1 atom stereocenters. The third-order valence-corrected chi connectivity index (χ3v) is 3.25. The molecule has 1 rings (SSSR count). The summed E-state index contributed by atoms with van der Waals surface area (Å²) in [6.45, 7) is 0.378. The molecule has 110 valence electrons. The van der Waals surface area contributed by atoms with Crippen LogP contribution in [0.15, 0.2) is 18.2 Å². The lowest BCUT2D eigenvalue weighted by atomic mass is 10.1. The Morgan fingerprint density at radius 1 is 1.25 bits per heavy atom. The summed E-state index contributed by atoms with van der Waals surface area (Å²) >= 11 is 11.6. The van der Waals surface area contributed by atoms with E-state index in [1.165, 1.54) is 0 Å². The average Bonchev–Trinajstić information content (AvgIpc) is 2.38. The van der Waals surface area contributed by atoms with Crippen molar-refractivity contribution < 1.29 is 9.59 Å². The number of halogens is 2. The second-order valence-corrected chi connectivity index (χ2v) is 4.97. The van der Waals surface area contributed by atoms with E-state index in [9.17, 15) is 9.59 Å². The van der Waals surface area contributed by atoms with Crippen molar-refractivity contribution in [3.8, 4) is 0 Å². The Bertz CT molecular complexity index is 496. The number of carbonyl (C=O) groups excluding carboxylic acids is 2. The van der Waals surface area contributed by atoms with Crippen LogP contribution in [0.2, 0.25) is 10.0 Å². The molecule has 0 heterocycles. The molecular weight excluding hydrogens is 303 g/mol. The van der Waals surface area contributed by atoms with Crippen molar-refractivity contribution in [2.24, 2.45) is 11.5 Å². The van der Waals surface area contributed by atoms with E-state index in [4.69, 9.17) is 34.7 Å². The molecule has 3 amide bonds. The number of urea groups is 1. The number of nitrogens with one attached hydrogen (secondary N) is 2. The van der Waals surface area contributed by atoms with Crippen molar-refractivity contribution in [3.05, 3.63) is 28.2 Å². The first kappa shape index (κ1) is 16.6. The van der Waals surface area contributed by atoms with Crippen molar-refractivity contribution in [1.82, 2.24) is 5.32 Å². The van der Waals surface area contributed by atoms with Gasteiger partial charge in [0.1, 0.15) is 0 Å². The summed E-state index contributed by atoms with van der Waals surface area (Å²) in [6, 6.07) is 3.48. The average molecular weight is 319 g/mol. The maximum atomic E-state index is 11.8. The highest BCUT2D eigenvalue weighted by molar-refractivity contribution is 6.42. The number of carbonyl (C=O) groups is 2. The third kappa shape index (κ3) is 5.64. The lowest BCUT2D eigenvalue weighted by Crippen LogP contribution is -2.37. The van der Waals surface area contributed by atoms with Crippen molar-refractivity contribution in [2.45, 2.75) is 18.9 Å². The van der Waals surface area contributed by atoms with Crippen LogP contribution in [-0.2, 0) is 4.79 Å². The van der Waals surface area contributed by atoms with Crippen LogP contribution in [0.3, 0.4) is 0 Å². The minimum atomic E-state index is -0.681. The zero-order valence-corrected chi connectivity index (χ0v) is 12.2. The van der Waals surface area contributed by atoms with Crippen LogP contribution < -0.4 is 22.1 Å². The summed E-state index contributed by atoms with van der Waals surface area (Å²) in [6.07, 6.45) is 0.979. The van der Waals surface area contributed by atoms with Gasteiger partial charge in [-0.1, -0.05) is 23.2 Å². The Kier molecular flexibility index (Phi) is 6.57. The molecule has 6 nitrogen and oxygen atoms in total. The first-order chi connectivity index (χ1) is 9.40. The molecule has 0 radical (unpaired) electrons. The molecule has 6 N–H and O–H groups in total. The molecule has 0 aliphatic rings. The summed E-state index contributed by atoms with van der Waals surface area (Å²) in [5.74, 6) is -0.331. The largest absolute Gasteiger partial charge is 0.352 e. The van der Waals surface area contributed by atoms with Crippen LogP contribution in [0, 0.1) is 0 Å². The summed E-state index contributed by atoms with van der Waals surface area (Å²) < 4.78 is 0. The van der Waals surface area contributed by atoms with E-state index < -0.39 is 12.1 Å². The lowest BCUT2D eigenvalue weighted by molar-refractivity contribution is -0.117. The normalized spacial score (nSPS) is 11.8. The van der Waals surface area contributed by atoms with E-state index in [2.05, 4.69) is 10.6 Å². The molecule has 20 heavy (non-hydrogen) atoms. The van der Waals surface area contributed by atoms with Gasteiger partial charge in [-0.05, 0) is 31.0 Å². The molecule has 0 spiro atoms. The monoisotopic (exact) mass is 318 g/mol. The molecule has 0 aromatic heterocycles. The maximum Gasteiger partial charge on any atom is 0.312 e. The fourth-order valence-corrected chi connectivity index (χ4v) is 1.77. The predicted octanol–water partition coefficient (Wildman–Crippen LogP) is 1.71. The Morgan fingerprint density at radius 3 is 2.55 bits per heavy atom. The van der Waals surface area contributed by atoms with Gasteiger partial charge in [-0.25, -0.2) is 4.79 Å². The van der Waals surface area contributed by atoms with Gasteiger partial charge >= 0.3 is 6.03 Å². The molecule has 0 saturated heterocycles. The Labute approximate surface area is 126 Å². The minimum Gasteiger partial charge on any atom is -0.352 e. The molecular formula is C12H16Cl2N4O2. The van der Waals surface area contributed by atoms with Crippen molar-refractivity contribution >= 4 is 40.8 Å². The second kappa shape index (κ2) is 7.94. The van der Waals surface area contributed by atoms with Gasteiger partial charge in [0.2, 0.25) is 5.91 Å². The Hall–Kier alpha value is -1.50. The van der Waals surface area contributed by atoms with E-state index in [0.717, 1.165) is 0 Å². The smallest absolute Gasteiger partial charge is 0.312 e. The third-order valence-electron chi connectivity index (χ3n) is 2.52. The molecule has 0 fully saturated rings. The maximum absolute atomic E-state index is 11.8. The quantitative estimate of drug-likeness (QED) is 0.599. The van der Waals surface area contributed by atoms with Crippen molar-refractivity contribution in [3.63, 3.8) is 0 Å². The number of hydrogen-bond acceptors (Lipinski definition) is 3. The number of primary amides is 1. The van der Waals surface area contributed by atoms with Crippen LogP contribution >= 0.6 is 23.2 Å². The van der Waals surface area contributed by atoms with Gasteiger partial charge in [0.15, 0.2) is 0 Å². The SMILES string of the molecule is NC(=O)NCCC[C@H](N)C(=O)Nc1ccc(Cl)c(Cl)c1. The van der Waals surface area contributed by atoms with Gasteiger partial charge in [0.05, 0.1) is 16.1 Å². The van der Waals surface area contributed by atoms with E-state index >= 15 is 0 Å². The molecule has 8 heteroatoms. The summed E-state index contributed by atoms with van der Waals surface area (Å²) in [5, 5.41) is 5.82. The van der Waals surface area contributed by atoms with Gasteiger partial charge in [-0.2, -0.15) is 0 Å². The van der Waals surface area contributed by atoms with Crippen molar-refractivity contribution in [2.75, 3.05) is 11.9 Å². The van der Waals surface area contributed by atoms with Crippen LogP contribution in [-0.4, -0.2) is 24.5 Å². The first-order valence-electron chi connectivity index (χ1n) is 5.95. The number of nitrogens with two attached hydrogens (primary N) is 2. The highest BCUT2D eigenvalue weighted by Gasteiger charge is 2.13. The van der Waals surface area contributed by atoms with E-state index in [1.54, 1.807) is 18.2 Å². The van der Waals surface area contributed by atoms with E-state index in [1.807, 2.05) is 0 Å². The molecule has 1 aromatic rings. The predicted molar refractivity (Wildman–Crippen MR) is 79.9 cm³/mol. The van der Waals surface area contributed by atoms with E-state index in [0.29, 0.717) is 35.1 Å². The lowest BCUT2D eigenvalue weighted by Gasteiger charge is -2.12. The molecule has 0 unspecified atom stereocenters. The van der Waals surface area contributed by atoms with Gasteiger partial charge < -0.3 is 22.1 Å². The standard InChI is InChI=1S/C12H16Cl2N4O2/c13-8-4-3-7(6-9(8)14)18-11(19)10(15)2-1-5-17-12(16)20/h3-4,6,10H,1-2,5,15H2,(H,18,19)(H3,16,17,20)/t10-/m0/s1. The highest BCUT2D eigenvalue weighted by atomic mass is 35.5. The summed E-state index contributed by atoms with van der Waals surface area (Å²) in [7, 11) is 0. The molecule has 0 bridgehead atoms. The van der Waals surface area contributed by atoms with Gasteiger partial charge in [0.25, 0.3) is 0 Å². The summed E-state index contributed by atoms with van der Waals surface area (Å²) in [4.78, 5) is 22.3. The van der Waals surface area contributed by atoms with Gasteiger partial charge in [-0.3, -0.25) is 4.79 Å². The van der Waals surface area contributed by atoms with Crippen LogP contribution in [0.1, 0.15) is 12.8 Å². The second-order valence-electron chi connectivity index (χ2n) is 4.16. The van der Waals surface area contributed by atoms with E-state index in [-0.39, 0.29) is 5.91 Å². The van der Waals surface area contributed by atoms with Gasteiger partial charge in [0, 0.05) is 12.2 Å². The molecule has 1 aromatic carbocycles. The van der Waals surface area contributed by atoms with Crippen molar-refractivity contribution in [1.29, 1.82) is 0 Å². The fraction of sp³-hybridized carbons (Fsp3) is 0.333. The topological polar surface area (TPSA) is 110 Å². The summed E-state index contributed by atoms with van der Waals surface area (Å²) in [5.41, 5.74) is 11.2. The zero-order valence-electron chi connectivity index (χ0n) is 10.7. The van der Waals surface area contributed by atoms with Crippen LogP contribution in [0.4, 0.5) is 10.5 Å². The number of rotatable bonds is 6.